The molecule has 128 valence electrons. The van der Waals surface area contributed by atoms with E-state index in [-0.39, 0.29) is 11.9 Å². The van der Waals surface area contributed by atoms with Gasteiger partial charge in [-0.2, -0.15) is 5.10 Å². The van der Waals surface area contributed by atoms with Gasteiger partial charge in [0.15, 0.2) is 5.76 Å². The van der Waals surface area contributed by atoms with Crippen molar-refractivity contribution < 1.29 is 9.21 Å². The molecule has 2 aliphatic rings. The van der Waals surface area contributed by atoms with Crippen LogP contribution in [0.3, 0.4) is 0 Å². The van der Waals surface area contributed by atoms with Crippen molar-refractivity contribution in [3.63, 3.8) is 0 Å². The lowest BCUT2D eigenvalue weighted by Crippen LogP contribution is -2.40. The number of hydrogen-bond donors (Lipinski definition) is 1. The SMILES string of the molecule is C[C@@H](NC(=O)c1ccc(Cn2cc(Cl)cn2)o1)[C@H]1C[C@H]2CC[C@H]1C2. The quantitative estimate of drug-likeness (QED) is 0.896. The first-order chi connectivity index (χ1) is 11.6. The van der Waals surface area contributed by atoms with Crippen LogP contribution in [0, 0.1) is 17.8 Å². The lowest BCUT2D eigenvalue weighted by atomic mass is 9.84. The van der Waals surface area contributed by atoms with Crippen molar-refractivity contribution in [3.05, 3.63) is 41.1 Å². The first-order valence-corrected chi connectivity index (χ1v) is 9.04. The Kier molecular flexibility index (Phi) is 4.12. The van der Waals surface area contributed by atoms with Crippen LogP contribution < -0.4 is 5.32 Å². The van der Waals surface area contributed by atoms with Crippen molar-refractivity contribution in [2.75, 3.05) is 0 Å². The molecule has 1 amide bonds. The summed E-state index contributed by atoms with van der Waals surface area (Å²) >= 11 is 5.85. The van der Waals surface area contributed by atoms with Crippen LogP contribution in [0.4, 0.5) is 0 Å². The smallest absolute Gasteiger partial charge is 0.287 e. The summed E-state index contributed by atoms with van der Waals surface area (Å²) in [5.74, 6) is 3.21. The number of amides is 1. The lowest BCUT2D eigenvalue weighted by molar-refractivity contribution is 0.0885. The first-order valence-electron chi connectivity index (χ1n) is 8.66. The molecule has 2 bridgehead atoms. The highest BCUT2D eigenvalue weighted by Gasteiger charge is 2.42. The number of fused-ring (bicyclic) bond motifs is 2. The minimum atomic E-state index is -0.130. The molecule has 6 heteroatoms. The standard InChI is InChI=1S/C18H22ClN3O2/c1-11(16-7-12-2-3-13(16)6-12)21-18(23)17-5-4-15(24-17)10-22-9-14(19)8-20-22/h4-5,8-9,11-13,16H,2-3,6-7,10H2,1H3,(H,21,23)/t11-,12+,13+,16-/m1/s1. The number of carbonyl (C=O) groups is 1. The summed E-state index contributed by atoms with van der Waals surface area (Å²) in [6.45, 7) is 2.58. The summed E-state index contributed by atoms with van der Waals surface area (Å²) in [7, 11) is 0. The molecule has 0 spiro atoms. The van der Waals surface area contributed by atoms with Crippen molar-refractivity contribution in [1.29, 1.82) is 0 Å². The van der Waals surface area contributed by atoms with Gasteiger partial charge in [-0.25, -0.2) is 0 Å². The molecule has 0 radical (unpaired) electrons. The molecule has 2 heterocycles. The van der Waals surface area contributed by atoms with Gasteiger partial charge in [0.05, 0.1) is 17.8 Å². The molecule has 0 aliphatic heterocycles. The van der Waals surface area contributed by atoms with Gasteiger partial charge in [0, 0.05) is 12.2 Å². The molecule has 2 fully saturated rings. The fourth-order valence-corrected chi connectivity index (χ4v) is 4.62. The van der Waals surface area contributed by atoms with E-state index >= 15 is 0 Å². The van der Waals surface area contributed by atoms with Gasteiger partial charge in [-0.3, -0.25) is 9.48 Å². The maximum absolute atomic E-state index is 12.4. The third-order valence-electron chi connectivity index (χ3n) is 5.60. The molecule has 2 aromatic rings. The Balaban J connectivity index is 1.36. The molecule has 4 atom stereocenters. The number of nitrogens with one attached hydrogen (secondary N) is 1. The molecule has 0 saturated heterocycles. The minimum absolute atomic E-state index is 0.130. The largest absolute Gasteiger partial charge is 0.454 e. The maximum Gasteiger partial charge on any atom is 0.287 e. The molecular weight excluding hydrogens is 326 g/mol. The fourth-order valence-electron chi connectivity index (χ4n) is 4.46. The second-order valence-corrected chi connectivity index (χ2v) is 7.66. The highest BCUT2D eigenvalue weighted by atomic mass is 35.5. The number of halogens is 1. The van der Waals surface area contributed by atoms with Crippen LogP contribution in [0.15, 0.2) is 28.9 Å². The monoisotopic (exact) mass is 347 g/mol. The number of carbonyl (C=O) groups excluding carboxylic acids is 1. The normalized spacial score (nSPS) is 26.7. The van der Waals surface area contributed by atoms with Crippen molar-refractivity contribution in [3.8, 4) is 0 Å². The lowest BCUT2D eigenvalue weighted by Gasteiger charge is -2.28. The summed E-state index contributed by atoms with van der Waals surface area (Å²) in [6.07, 6.45) is 8.61. The molecule has 5 nitrogen and oxygen atoms in total. The second-order valence-electron chi connectivity index (χ2n) is 7.22. The van der Waals surface area contributed by atoms with Crippen LogP contribution in [-0.4, -0.2) is 21.7 Å². The zero-order valence-corrected chi connectivity index (χ0v) is 14.5. The third kappa shape index (κ3) is 3.09. The second kappa shape index (κ2) is 6.28. The van der Waals surface area contributed by atoms with Crippen molar-refractivity contribution in [2.45, 2.75) is 45.2 Å². The van der Waals surface area contributed by atoms with Gasteiger partial charge in [-0.05, 0) is 56.1 Å². The summed E-state index contributed by atoms with van der Waals surface area (Å²) < 4.78 is 7.35. The summed E-state index contributed by atoms with van der Waals surface area (Å²) in [4.78, 5) is 12.4. The minimum Gasteiger partial charge on any atom is -0.454 e. The Labute approximate surface area is 146 Å². The molecule has 2 aliphatic carbocycles. The Hall–Kier alpha value is -1.75. The molecule has 24 heavy (non-hydrogen) atoms. The molecule has 0 aromatic carbocycles. The predicted octanol–water partition coefficient (Wildman–Crippen LogP) is 3.73. The topological polar surface area (TPSA) is 60.1 Å². The maximum atomic E-state index is 12.4. The van der Waals surface area contributed by atoms with Crippen LogP contribution in [0.1, 0.15) is 48.9 Å². The molecule has 0 unspecified atom stereocenters. The van der Waals surface area contributed by atoms with Crippen LogP contribution in [0.5, 0.6) is 0 Å². The van der Waals surface area contributed by atoms with Gasteiger partial charge in [0.2, 0.25) is 0 Å². The zero-order chi connectivity index (χ0) is 16.7. The Bertz CT molecular complexity index is 738. The van der Waals surface area contributed by atoms with E-state index in [0.717, 1.165) is 11.8 Å². The Morgan fingerprint density at radius 2 is 2.33 bits per heavy atom. The van der Waals surface area contributed by atoms with Gasteiger partial charge in [0.25, 0.3) is 5.91 Å². The van der Waals surface area contributed by atoms with E-state index in [1.807, 2.05) is 6.07 Å². The van der Waals surface area contributed by atoms with Crippen LogP contribution in [0.2, 0.25) is 5.02 Å². The van der Waals surface area contributed by atoms with E-state index in [0.29, 0.717) is 29.0 Å². The van der Waals surface area contributed by atoms with E-state index in [4.69, 9.17) is 16.0 Å². The zero-order valence-electron chi connectivity index (χ0n) is 13.7. The van der Waals surface area contributed by atoms with E-state index in [1.165, 1.54) is 25.7 Å². The Morgan fingerprint density at radius 3 is 3.00 bits per heavy atom. The van der Waals surface area contributed by atoms with E-state index < -0.39 is 0 Å². The van der Waals surface area contributed by atoms with Gasteiger partial charge in [-0.1, -0.05) is 18.0 Å². The number of nitrogens with zero attached hydrogens (tertiary/aromatic N) is 2. The van der Waals surface area contributed by atoms with E-state index in [9.17, 15) is 4.79 Å². The molecular formula is C18H22ClN3O2. The number of hydrogen-bond acceptors (Lipinski definition) is 3. The fraction of sp³-hybridized carbons (Fsp3) is 0.556. The van der Waals surface area contributed by atoms with E-state index in [1.54, 1.807) is 23.1 Å². The Morgan fingerprint density at radius 1 is 1.46 bits per heavy atom. The van der Waals surface area contributed by atoms with Crippen molar-refractivity contribution in [1.82, 2.24) is 15.1 Å². The van der Waals surface area contributed by atoms with Crippen LogP contribution in [0.25, 0.3) is 0 Å². The molecule has 2 saturated carbocycles. The van der Waals surface area contributed by atoms with Gasteiger partial charge in [-0.15, -0.1) is 0 Å². The van der Waals surface area contributed by atoms with Crippen LogP contribution >= 0.6 is 11.6 Å². The average Bonchev–Trinajstić information content (AvgIpc) is 3.31. The number of rotatable bonds is 5. The summed E-state index contributed by atoms with van der Waals surface area (Å²) in [5.41, 5.74) is 0. The van der Waals surface area contributed by atoms with E-state index in [2.05, 4.69) is 17.3 Å². The first kappa shape index (κ1) is 15.8. The van der Waals surface area contributed by atoms with Gasteiger partial charge in [0.1, 0.15) is 5.76 Å². The third-order valence-corrected chi connectivity index (χ3v) is 5.79. The van der Waals surface area contributed by atoms with Gasteiger partial charge < -0.3 is 9.73 Å². The van der Waals surface area contributed by atoms with Gasteiger partial charge >= 0.3 is 0 Å². The summed E-state index contributed by atoms with van der Waals surface area (Å²) in [6, 6.07) is 3.74. The predicted molar refractivity (Wildman–Crippen MR) is 90.9 cm³/mol. The van der Waals surface area contributed by atoms with Crippen molar-refractivity contribution >= 4 is 17.5 Å². The number of aromatic nitrogens is 2. The average molecular weight is 348 g/mol. The molecule has 1 N–H and O–H groups in total. The molecule has 4 rings (SSSR count). The number of furan rings is 1. The highest BCUT2D eigenvalue weighted by Crippen LogP contribution is 2.49. The molecule has 2 aromatic heterocycles. The highest BCUT2D eigenvalue weighted by molar-refractivity contribution is 6.30. The van der Waals surface area contributed by atoms with Crippen molar-refractivity contribution in [2.24, 2.45) is 17.8 Å². The summed E-state index contributed by atoms with van der Waals surface area (Å²) in [5, 5.41) is 7.82. The van der Waals surface area contributed by atoms with Crippen LogP contribution in [-0.2, 0) is 6.54 Å².